The Balaban J connectivity index is 1.20. The molecule has 3 amide bonds. The van der Waals surface area contributed by atoms with Gasteiger partial charge in [0.2, 0.25) is 5.91 Å². The molecule has 0 spiro atoms. The lowest BCUT2D eigenvalue weighted by Crippen LogP contribution is -2.56. The van der Waals surface area contributed by atoms with E-state index >= 15 is 0 Å². The van der Waals surface area contributed by atoms with Gasteiger partial charge in [0.1, 0.15) is 0 Å². The summed E-state index contributed by atoms with van der Waals surface area (Å²) in [5, 5.41) is 3.22. The maximum atomic E-state index is 12.6. The standard InChI is InChI=1S/C23H28N2O3/c1-14(23-11-15-8-16(12-23)10-17(9-15)13-23)24-20(26)6-7-25-21(27)18-4-2-3-5-19(18)22(25)28/h2-5,14-17H,6-13H2,1H3,(H,24,26). The lowest BCUT2D eigenvalue weighted by Gasteiger charge is -2.59. The number of imide groups is 1. The van der Waals surface area contributed by atoms with Crippen LogP contribution in [-0.4, -0.2) is 35.2 Å². The predicted molar refractivity (Wildman–Crippen MR) is 105 cm³/mol. The zero-order valence-corrected chi connectivity index (χ0v) is 16.4. The minimum atomic E-state index is -0.289. The normalized spacial score (nSPS) is 33.9. The van der Waals surface area contributed by atoms with E-state index < -0.39 is 0 Å². The molecule has 148 valence electrons. The third kappa shape index (κ3) is 2.78. The van der Waals surface area contributed by atoms with Gasteiger partial charge in [-0.15, -0.1) is 0 Å². The van der Waals surface area contributed by atoms with Crippen LogP contribution < -0.4 is 5.32 Å². The van der Waals surface area contributed by atoms with Crippen LogP contribution in [0.15, 0.2) is 24.3 Å². The highest BCUT2D eigenvalue weighted by Crippen LogP contribution is 2.61. The van der Waals surface area contributed by atoms with Crippen LogP contribution in [0.4, 0.5) is 0 Å². The van der Waals surface area contributed by atoms with Crippen molar-refractivity contribution in [3.05, 3.63) is 35.4 Å². The molecule has 0 saturated heterocycles. The van der Waals surface area contributed by atoms with Crippen LogP contribution in [0, 0.1) is 23.2 Å². The van der Waals surface area contributed by atoms with Crippen LogP contribution in [-0.2, 0) is 4.79 Å². The summed E-state index contributed by atoms with van der Waals surface area (Å²) in [5.74, 6) is 1.92. The van der Waals surface area contributed by atoms with Gasteiger partial charge in [-0.1, -0.05) is 12.1 Å². The second-order valence-electron chi connectivity index (χ2n) is 9.63. The Morgan fingerprint density at radius 3 is 2.04 bits per heavy atom. The molecule has 5 aliphatic rings. The summed E-state index contributed by atoms with van der Waals surface area (Å²) < 4.78 is 0. The van der Waals surface area contributed by atoms with Gasteiger partial charge in [0.25, 0.3) is 11.8 Å². The molecule has 6 rings (SSSR count). The third-order valence-corrected chi connectivity index (χ3v) is 7.82. The number of carbonyl (C=O) groups is 3. The molecule has 1 aromatic rings. The fourth-order valence-corrected chi connectivity index (χ4v) is 6.83. The van der Waals surface area contributed by atoms with E-state index in [0.717, 1.165) is 17.8 Å². The average molecular weight is 380 g/mol. The molecule has 5 nitrogen and oxygen atoms in total. The van der Waals surface area contributed by atoms with E-state index in [9.17, 15) is 14.4 Å². The molecule has 4 fully saturated rings. The summed E-state index contributed by atoms with van der Waals surface area (Å²) in [6, 6.07) is 7.02. The first-order valence-corrected chi connectivity index (χ1v) is 10.7. The molecule has 1 aliphatic heterocycles. The quantitative estimate of drug-likeness (QED) is 0.796. The molecule has 28 heavy (non-hydrogen) atoms. The average Bonchev–Trinajstić information content (AvgIpc) is 2.90. The summed E-state index contributed by atoms with van der Waals surface area (Å²) in [7, 11) is 0. The van der Waals surface area contributed by atoms with Crippen LogP contribution in [0.5, 0.6) is 0 Å². The first-order chi connectivity index (χ1) is 13.4. The third-order valence-electron chi connectivity index (χ3n) is 7.82. The highest BCUT2D eigenvalue weighted by atomic mass is 16.2. The topological polar surface area (TPSA) is 66.5 Å². The largest absolute Gasteiger partial charge is 0.353 e. The molecule has 4 aliphatic carbocycles. The molecule has 0 aromatic heterocycles. The zero-order chi connectivity index (χ0) is 19.5. The molecular weight excluding hydrogens is 352 g/mol. The van der Waals surface area contributed by atoms with E-state index in [1.54, 1.807) is 24.3 Å². The smallest absolute Gasteiger partial charge is 0.261 e. The Hall–Kier alpha value is -2.17. The summed E-state index contributed by atoms with van der Waals surface area (Å²) >= 11 is 0. The van der Waals surface area contributed by atoms with Crippen LogP contribution in [0.1, 0.15) is 72.6 Å². The molecule has 1 heterocycles. The van der Waals surface area contributed by atoms with Gasteiger partial charge in [0.15, 0.2) is 0 Å². The van der Waals surface area contributed by atoms with Crippen molar-refractivity contribution in [1.29, 1.82) is 0 Å². The zero-order valence-electron chi connectivity index (χ0n) is 16.4. The summed E-state index contributed by atoms with van der Waals surface area (Å²) in [4.78, 5) is 38.7. The van der Waals surface area contributed by atoms with Gasteiger partial charge in [0.05, 0.1) is 11.1 Å². The minimum absolute atomic E-state index is 0.0557. The van der Waals surface area contributed by atoms with Crippen molar-refractivity contribution in [2.45, 2.75) is 57.9 Å². The number of amides is 3. The Morgan fingerprint density at radius 1 is 1.04 bits per heavy atom. The van der Waals surface area contributed by atoms with Crippen molar-refractivity contribution in [3.63, 3.8) is 0 Å². The van der Waals surface area contributed by atoms with Crippen molar-refractivity contribution in [1.82, 2.24) is 10.2 Å². The molecule has 1 atom stereocenters. The molecule has 4 bridgehead atoms. The monoisotopic (exact) mass is 380 g/mol. The van der Waals surface area contributed by atoms with E-state index in [-0.39, 0.29) is 42.1 Å². The second-order valence-corrected chi connectivity index (χ2v) is 9.63. The second kappa shape index (κ2) is 6.43. The number of carbonyl (C=O) groups excluding carboxylic acids is 3. The number of benzene rings is 1. The van der Waals surface area contributed by atoms with Gasteiger partial charge in [-0.05, 0) is 80.8 Å². The van der Waals surface area contributed by atoms with E-state index in [2.05, 4.69) is 12.2 Å². The highest BCUT2D eigenvalue weighted by molar-refractivity contribution is 6.21. The summed E-state index contributed by atoms with van der Waals surface area (Å²) in [6.45, 7) is 2.30. The van der Waals surface area contributed by atoms with Crippen molar-refractivity contribution in [2.24, 2.45) is 23.2 Å². The fourth-order valence-electron chi connectivity index (χ4n) is 6.83. The number of nitrogens with zero attached hydrogens (tertiary/aromatic N) is 1. The fraction of sp³-hybridized carbons (Fsp3) is 0.609. The van der Waals surface area contributed by atoms with Crippen molar-refractivity contribution in [2.75, 3.05) is 6.54 Å². The van der Waals surface area contributed by atoms with E-state index in [4.69, 9.17) is 0 Å². The van der Waals surface area contributed by atoms with E-state index in [1.165, 1.54) is 43.4 Å². The lowest BCUT2D eigenvalue weighted by atomic mass is 9.48. The van der Waals surface area contributed by atoms with Gasteiger partial charge < -0.3 is 5.32 Å². The Morgan fingerprint density at radius 2 is 1.54 bits per heavy atom. The summed E-state index contributed by atoms with van der Waals surface area (Å²) in [5.41, 5.74) is 1.14. The Kier molecular flexibility index (Phi) is 4.11. The molecule has 1 N–H and O–H groups in total. The maximum Gasteiger partial charge on any atom is 0.261 e. The number of fused-ring (bicyclic) bond motifs is 1. The van der Waals surface area contributed by atoms with Gasteiger partial charge in [0, 0.05) is 19.0 Å². The van der Waals surface area contributed by atoms with Crippen LogP contribution in [0.25, 0.3) is 0 Å². The van der Waals surface area contributed by atoms with Crippen LogP contribution in [0.2, 0.25) is 0 Å². The van der Waals surface area contributed by atoms with Gasteiger partial charge in [-0.3, -0.25) is 19.3 Å². The number of rotatable bonds is 5. The Labute approximate surface area is 165 Å². The maximum absolute atomic E-state index is 12.6. The van der Waals surface area contributed by atoms with Crippen molar-refractivity contribution < 1.29 is 14.4 Å². The van der Waals surface area contributed by atoms with Crippen LogP contribution in [0.3, 0.4) is 0 Å². The Bertz CT molecular complexity index is 776. The lowest BCUT2D eigenvalue weighted by molar-refractivity contribution is -0.126. The number of nitrogens with one attached hydrogen (secondary N) is 1. The predicted octanol–water partition coefficient (Wildman–Crippen LogP) is 3.39. The molecule has 1 unspecified atom stereocenters. The van der Waals surface area contributed by atoms with E-state index in [1.807, 2.05) is 0 Å². The molecular formula is C23H28N2O3. The number of hydrogen-bond donors (Lipinski definition) is 1. The van der Waals surface area contributed by atoms with Crippen molar-refractivity contribution >= 4 is 17.7 Å². The first-order valence-electron chi connectivity index (χ1n) is 10.7. The van der Waals surface area contributed by atoms with E-state index in [0.29, 0.717) is 11.1 Å². The molecule has 5 heteroatoms. The molecule has 1 aromatic carbocycles. The number of hydrogen-bond acceptors (Lipinski definition) is 3. The SMILES string of the molecule is CC(NC(=O)CCN1C(=O)c2ccccc2C1=O)C12CC3CC(CC(C3)C1)C2. The summed E-state index contributed by atoms with van der Waals surface area (Å²) in [6.07, 6.45) is 8.08. The molecule has 4 saturated carbocycles. The highest BCUT2D eigenvalue weighted by Gasteiger charge is 2.53. The first kappa shape index (κ1) is 17.9. The molecule has 0 radical (unpaired) electrons. The van der Waals surface area contributed by atoms with Gasteiger partial charge in [-0.2, -0.15) is 0 Å². The van der Waals surface area contributed by atoms with Crippen LogP contribution >= 0.6 is 0 Å². The minimum Gasteiger partial charge on any atom is -0.353 e. The van der Waals surface area contributed by atoms with Gasteiger partial charge in [-0.25, -0.2) is 0 Å². The van der Waals surface area contributed by atoms with Gasteiger partial charge >= 0.3 is 0 Å². The van der Waals surface area contributed by atoms with Crippen molar-refractivity contribution in [3.8, 4) is 0 Å².